The van der Waals surface area contributed by atoms with Crippen LogP contribution in [0.1, 0.15) is 11.4 Å². The van der Waals surface area contributed by atoms with Crippen LogP contribution in [0, 0.1) is 13.8 Å². The highest BCUT2D eigenvalue weighted by molar-refractivity contribution is 6.31. The van der Waals surface area contributed by atoms with Crippen LogP contribution < -0.4 is 5.32 Å². The number of halogens is 1. The van der Waals surface area contributed by atoms with E-state index in [1.807, 2.05) is 13.8 Å². The zero-order valence-electron chi connectivity index (χ0n) is 10.1. The molecule has 0 saturated carbocycles. The Kier molecular flexibility index (Phi) is 3.62. The Morgan fingerprint density at radius 1 is 1.50 bits per heavy atom. The van der Waals surface area contributed by atoms with Crippen LogP contribution in [0.25, 0.3) is 0 Å². The van der Waals surface area contributed by atoms with Crippen LogP contribution >= 0.6 is 11.6 Å². The van der Waals surface area contributed by atoms with Gasteiger partial charge in [0.15, 0.2) is 0 Å². The zero-order valence-corrected chi connectivity index (χ0v) is 10.9. The average Bonchev–Trinajstić information content (AvgIpc) is 2.58. The van der Waals surface area contributed by atoms with Gasteiger partial charge in [-0.1, -0.05) is 11.6 Å². The van der Waals surface area contributed by atoms with Gasteiger partial charge in [-0.05, 0) is 26.0 Å². The number of rotatable bonds is 3. The minimum absolute atomic E-state index is 0.133. The molecule has 18 heavy (non-hydrogen) atoms. The Labute approximate surface area is 110 Å². The standard InChI is InChI=1S/C12H13ClN4O/c1-8-12(13)9(2)17(16-8)7-11(18)15-10-4-3-5-14-6-10/h3-6H,7H2,1-2H3,(H,15,18). The number of hydrogen-bond donors (Lipinski definition) is 1. The lowest BCUT2D eigenvalue weighted by molar-refractivity contribution is -0.116. The second-order valence-electron chi connectivity index (χ2n) is 3.93. The number of aromatic nitrogens is 3. The van der Waals surface area contributed by atoms with E-state index in [0.717, 1.165) is 11.4 Å². The summed E-state index contributed by atoms with van der Waals surface area (Å²) in [4.78, 5) is 15.7. The molecule has 94 valence electrons. The molecule has 2 aromatic rings. The normalized spacial score (nSPS) is 10.4. The second kappa shape index (κ2) is 5.18. The largest absolute Gasteiger partial charge is 0.323 e. The van der Waals surface area contributed by atoms with Gasteiger partial charge in [-0.3, -0.25) is 14.5 Å². The Balaban J connectivity index is 2.06. The summed E-state index contributed by atoms with van der Waals surface area (Å²) in [5, 5.41) is 7.54. The Hall–Kier alpha value is -1.88. The number of anilines is 1. The lowest BCUT2D eigenvalue weighted by Crippen LogP contribution is -2.20. The van der Waals surface area contributed by atoms with Gasteiger partial charge in [-0.2, -0.15) is 5.10 Å². The Morgan fingerprint density at radius 2 is 2.28 bits per heavy atom. The van der Waals surface area contributed by atoms with E-state index in [1.165, 1.54) is 0 Å². The molecule has 0 aromatic carbocycles. The predicted molar refractivity (Wildman–Crippen MR) is 69.6 cm³/mol. The number of nitrogens with one attached hydrogen (secondary N) is 1. The number of amides is 1. The smallest absolute Gasteiger partial charge is 0.246 e. The highest BCUT2D eigenvalue weighted by Crippen LogP contribution is 2.18. The maximum atomic E-state index is 11.8. The zero-order chi connectivity index (χ0) is 13.1. The van der Waals surface area contributed by atoms with Crippen LogP contribution in [0.4, 0.5) is 5.69 Å². The number of aryl methyl sites for hydroxylation is 1. The summed E-state index contributed by atoms with van der Waals surface area (Å²) >= 11 is 6.02. The topological polar surface area (TPSA) is 59.8 Å². The molecule has 2 heterocycles. The molecule has 0 aliphatic heterocycles. The number of hydrogen-bond acceptors (Lipinski definition) is 3. The van der Waals surface area contributed by atoms with Crippen LogP contribution in [-0.2, 0) is 11.3 Å². The maximum Gasteiger partial charge on any atom is 0.246 e. The Morgan fingerprint density at radius 3 is 2.83 bits per heavy atom. The number of pyridine rings is 1. The van der Waals surface area contributed by atoms with E-state index in [2.05, 4.69) is 15.4 Å². The molecule has 0 radical (unpaired) electrons. The van der Waals surface area contributed by atoms with Crippen molar-refractivity contribution in [2.24, 2.45) is 0 Å². The first kappa shape index (κ1) is 12.6. The van der Waals surface area contributed by atoms with Crippen molar-refractivity contribution in [2.75, 3.05) is 5.32 Å². The molecule has 0 aliphatic carbocycles. The molecule has 2 rings (SSSR count). The molecule has 0 fully saturated rings. The van der Waals surface area contributed by atoms with Crippen molar-refractivity contribution >= 4 is 23.2 Å². The summed E-state index contributed by atoms with van der Waals surface area (Å²) in [5.74, 6) is -0.162. The molecule has 5 nitrogen and oxygen atoms in total. The molecule has 1 N–H and O–H groups in total. The van der Waals surface area contributed by atoms with Crippen LogP contribution in [0.15, 0.2) is 24.5 Å². The van der Waals surface area contributed by atoms with E-state index in [1.54, 1.807) is 29.2 Å². The van der Waals surface area contributed by atoms with E-state index in [-0.39, 0.29) is 12.5 Å². The summed E-state index contributed by atoms with van der Waals surface area (Å²) < 4.78 is 1.59. The summed E-state index contributed by atoms with van der Waals surface area (Å²) in [7, 11) is 0. The first-order chi connectivity index (χ1) is 8.58. The molecule has 0 bridgehead atoms. The van der Waals surface area contributed by atoms with Crippen molar-refractivity contribution in [3.63, 3.8) is 0 Å². The van der Waals surface area contributed by atoms with Gasteiger partial charge >= 0.3 is 0 Å². The summed E-state index contributed by atoms with van der Waals surface area (Å²) in [6.07, 6.45) is 3.24. The van der Waals surface area contributed by atoms with E-state index >= 15 is 0 Å². The quantitative estimate of drug-likeness (QED) is 0.924. The molecular weight excluding hydrogens is 252 g/mol. The summed E-state index contributed by atoms with van der Waals surface area (Å²) in [6, 6.07) is 3.54. The van der Waals surface area contributed by atoms with Crippen molar-refractivity contribution in [2.45, 2.75) is 20.4 Å². The van der Waals surface area contributed by atoms with Crippen LogP contribution in [0.5, 0.6) is 0 Å². The molecule has 0 saturated heterocycles. The highest BCUT2D eigenvalue weighted by atomic mass is 35.5. The fourth-order valence-electron chi connectivity index (χ4n) is 1.60. The fourth-order valence-corrected chi connectivity index (χ4v) is 1.74. The van der Waals surface area contributed by atoms with Gasteiger partial charge in [0.1, 0.15) is 6.54 Å². The van der Waals surface area contributed by atoms with Gasteiger partial charge < -0.3 is 5.32 Å². The lowest BCUT2D eigenvalue weighted by Gasteiger charge is -2.06. The van der Waals surface area contributed by atoms with E-state index in [9.17, 15) is 4.79 Å². The number of carbonyl (C=O) groups is 1. The van der Waals surface area contributed by atoms with Crippen LogP contribution in [-0.4, -0.2) is 20.7 Å². The summed E-state index contributed by atoms with van der Waals surface area (Å²) in [6.45, 7) is 3.78. The first-order valence-electron chi connectivity index (χ1n) is 5.47. The van der Waals surface area contributed by atoms with Crippen molar-refractivity contribution < 1.29 is 4.79 Å². The molecule has 0 aliphatic rings. The van der Waals surface area contributed by atoms with Gasteiger partial charge in [0.2, 0.25) is 5.91 Å². The average molecular weight is 265 g/mol. The molecule has 2 aromatic heterocycles. The molecule has 0 unspecified atom stereocenters. The third-order valence-electron chi connectivity index (χ3n) is 2.53. The van der Waals surface area contributed by atoms with Gasteiger partial charge in [-0.15, -0.1) is 0 Å². The van der Waals surface area contributed by atoms with E-state index in [0.29, 0.717) is 10.7 Å². The second-order valence-corrected chi connectivity index (χ2v) is 4.31. The molecular formula is C12H13ClN4O. The highest BCUT2D eigenvalue weighted by Gasteiger charge is 2.12. The third-order valence-corrected chi connectivity index (χ3v) is 3.08. The third kappa shape index (κ3) is 2.68. The van der Waals surface area contributed by atoms with E-state index in [4.69, 9.17) is 11.6 Å². The van der Waals surface area contributed by atoms with Crippen molar-refractivity contribution in [1.82, 2.24) is 14.8 Å². The lowest BCUT2D eigenvalue weighted by atomic mass is 10.4. The first-order valence-corrected chi connectivity index (χ1v) is 5.85. The SMILES string of the molecule is Cc1nn(CC(=O)Nc2cccnc2)c(C)c1Cl. The maximum absolute atomic E-state index is 11.8. The predicted octanol–water partition coefficient (Wildman–Crippen LogP) is 2.19. The number of carbonyl (C=O) groups excluding carboxylic acids is 1. The van der Waals surface area contributed by atoms with E-state index < -0.39 is 0 Å². The number of nitrogens with zero attached hydrogens (tertiary/aromatic N) is 3. The Bertz CT molecular complexity index is 565. The van der Waals surface area contributed by atoms with Crippen molar-refractivity contribution in [1.29, 1.82) is 0 Å². The summed E-state index contributed by atoms with van der Waals surface area (Å²) in [5.41, 5.74) is 2.17. The molecule has 0 spiro atoms. The van der Waals surface area contributed by atoms with Crippen molar-refractivity contribution in [3.05, 3.63) is 40.9 Å². The van der Waals surface area contributed by atoms with Gasteiger partial charge in [-0.25, -0.2) is 0 Å². The van der Waals surface area contributed by atoms with Crippen LogP contribution in [0.2, 0.25) is 5.02 Å². The molecule has 1 amide bonds. The minimum Gasteiger partial charge on any atom is -0.323 e. The minimum atomic E-state index is -0.162. The van der Waals surface area contributed by atoms with Crippen LogP contribution in [0.3, 0.4) is 0 Å². The molecule has 0 atom stereocenters. The molecule has 6 heteroatoms. The van der Waals surface area contributed by atoms with Crippen molar-refractivity contribution in [3.8, 4) is 0 Å². The van der Waals surface area contributed by atoms with Gasteiger partial charge in [0, 0.05) is 6.20 Å². The van der Waals surface area contributed by atoms with Gasteiger partial charge in [0.25, 0.3) is 0 Å². The monoisotopic (exact) mass is 264 g/mol. The fraction of sp³-hybridized carbons (Fsp3) is 0.250. The van der Waals surface area contributed by atoms with Gasteiger partial charge in [0.05, 0.1) is 28.3 Å².